The summed E-state index contributed by atoms with van der Waals surface area (Å²) in [6.07, 6.45) is -3.32. The molecule has 0 N–H and O–H groups in total. The second-order valence-corrected chi connectivity index (χ2v) is 7.64. The van der Waals surface area contributed by atoms with Crippen LogP contribution in [0, 0.1) is 11.6 Å². The molecule has 0 aromatic heterocycles. The number of carbonyl (C=O) groups is 1. The molecule has 0 bridgehead atoms. The molecule has 0 aliphatic carbocycles. The van der Waals surface area contributed by atoms with E-state index < -0.39 is 34.7 Å². The van der Waals surface area contributed by atoms with E-state index in [2.05, 4.69) is 10.2 Å². The molecule has 1 aliphatic rings. The fourth-order valence-electron chi connectivity index (χ4n) is 2.82. The highest BCUT2D eigenvalue weighted by Gasteiger charge is 2.57. The van der Waals surface area contributed by atoms with Gasteiger partial charge >= 0.3 is 6.18 Å². The molecule has 10 heteroatoms. The number of anilines is 1. The van der Waals surface area contributed by atoms with Gasteiger partial charge in [-0.1, -0.05) is 20.3 Å². The lowest BCUT2D eigenvalue weighted by Gasteiger charge is -2.38. The molecule has 0 radical (unpaired) electrons. The Morgan fingerprint density at radius 1 is 1.30 bits per heavy atom. The number of halogens is 5. The van der Waals surface area contributed by atoms with Crippen molar-refractivity contribution in [1.29, 1.82) is 0 Å². The van der Waals surface area contributed by atoms with Crippen LogP contribution >= 0.6 is 11.8 Å². The van der Waals surface area contributed by atoms with Gasteiger partial charge in [0.2, 0.25) is 6.41 Å². The first-order chi connectivity index (χ1) is 12.6. The minimum Gasteiger partial charge on any atom is -0.294 e. The van der Waals surface area contributed by atoms with E-state index in [9.17, 15) is 26.7 Å². The molecule has 2 unspecified atom stereocenters. The van der Waals surface area contributed by atoms with Crippen LogP contribution in [0.15, 0.2) is 28.4 Å². The number of alkyl halides is 3. The SMILES string of the molecule is CCCC(C)SC1=NN=C(C(F)(F)F)C1(C)N(C=O)c1ccc(F)cc1F. The van der Waals surface area contributed by atoms with E-state index in [4.69, 9.17) is 0 Å². The minimum atomic E-state index is -4.90. The van der Waals surface area contributed by atoms with Gasteiger partial charge in [-0.05, 0) is 25.5 Å². The standard InChI is InChI=1S/C17H18F5N3OS/c1-4-5-10(2)27-15-16(3,14(23-24-15)17(20,21)22)25(9-26)13-7-6-11(18)8-12(13)19/h6-10H,4-5H2,1-3H3. The van der Waals surface area contributed by atoms with Crippen molar-refractivity contribution < 1.29 is 26.7 Å². The van der Waals surface area contributed by atoms with Crippen LogP contribution in [-0.4, -0.2) is 34.1 Å². The van der Waals surface area contributed by atoms with E-state index in [0.717, 1.165) is 37.2 Å². The second kappa shape index (κ2) is 7.95. The van der Waals surface area contributed by atoms with Crippen LogP contribution in [0.25, 0.3) is 0 Å². The highest BCUT2D eigenvalue weighted by Crippen LogP contribution is 2.41. The van der Waals surface area contributed by atoms with Gasteiger partial charge in [-0.15, -0.1) is 22.0 Å². The van der Waals surface area contributed by atoms with Gasteiger partial charge in [0.25, 0.3) is 0 Å². The van der Waals surface area contributed by atoms with Crippen LogP contribution in [0.1, 0.15) is 33.6 Å². The number of rotatable bonds is 6. The molecule has 27 heavy (non-hydrogen) atoms. The van der Waals surface area contributed by atoms with E-state index in [1.165, 1.54) is 0 Å². The number of amides is 1. The lowest BCUT2D eigenvalue weighted by molar-refractivity contribution is -0.108. The number of thioether (sulfide) groups is 1. The zero-order valence-electron chi connectivity index (χ0n) is 14.8. The van der Waals surface area contributed by atoms with Crippen molar-refractivity contribution in [3.05, 3.63) is 29.8 Å². The Kier molecular flexibility index (Phi) is 6.28. The van der Waals surface area contributed by atoms with Crippen molar-refractivity contribution in [2.75, 3.05) is 4.90 Å². The Balaban J connectivity index is 2.56. The lowest BCUT2D eigenvalue weighted by atomic mass is 9.94. The maximum atomic E-state index is 14.2. The Labute approximate surface area is 157 Å². The first-order valence-corrected chi connectivity index (χ1v) is 9.03. The Hall–Kier alpha value is -1.97. The van der Waals surface area contributed by atoms with Crippen LogP contribution in [0.3, 0.4) is 0 Å². The summed E-state index contributed by atoms with van der Waals surface area (Å²) in [5.41, 5.74) is -3.99. The quantitative estimate of drug-likeness (QED) is 0.495. The molecule has 2 atom stereocenters. The Bertz CT molecular complexity index is 780. The van der Waals surface area contributed by atoms with E-state index in [0.29, 0.717) is 17.4 Å². The summed E-state index contributed by atoms with van der Waals surface area (Å²) in [7, 11) is 0. The third kappa shape index (κ3) is 4.15. The predicted molar refractivity (Wildman–Crippen MR) is 96.2 cm³/mol. The van der Waals surface area contributed by atoms with Crippen molar-refractivity contribution in [3.8, 4) is 0 Å². The number of carbonyl (C=O) groups excluding carboxylic acids is 1. The summed E-state index contributed by atoms with van der Waals surface area (Å²) >= 11 is 1.04. The van der Waals surface area contributed by atoms with Crippen molar-refractivity contribution in [1.82, 2.24) is 0 Å². The predicted octanol–water partition coefficient (Wildman–Crippen LogP) is 4.94. The molecule has 0 spiro atoms. The van der Waals surface area contributed by atoms with Gasteiger partial charge in [-0.2, -0.15) is 13.2 Å². The Morgan fingerprint density at radius 3 is 2.48 bits per heavy atom. The average Bonchev–Trinajstić information content (AvgIpc) is 2.88. The fourth-order valence-corrected chi connectivity index (χ4v) is 4.06. The van der Waals surface area contributed by atoms with Gasteiger partial charge in [0, 0.05) is 11.3 Å². The minimum absolute atomic E-state index is 0.0729. The highest BCUT2D eigenvalue weighted by molar-refractivity contribution is 8.14. The maximum Gasteiger partial charge on any atom is 0.434 e. The van der Waals surface area contributed by atoms with Crippen LogP contribution in [0.5, 0.6) is 0 Å². The van der Waals surface area contributed by atoms with E-state index >= 15 is 0 Å². The van der Waals surface area contributed by atoms with Gasteiger partial charge in [0.1, 0.15) is 22.2 Å². The molecule has 1 heterocycles. The van der Waals surface area contributed by atoms with Gasteiger partial charge in [-0.3, -0.25) is 9.69 Å². The smallest absolute Gasteiger partial charge is 0.294 e. The molecule has 0 fully saturated rings. The lowest BCUT2D eigenvalue weighted by Crippen LogP contribution is -2.59. The topological polar surface area (TPSA) is 45.0 Å². The number of hydrogen-bond donors (Lipinski definition) is 0. The highest BCUT2D eigenvalue weighted by atomic mass is 32.2. The zero-order chi connectivity index (χ0) is 20.4. The fraction of sp³-hybridized carbons (Fsp3) is 0.471. The van der Waals surface area contributed by atoms with Crippen molar-refractivity contribution in [3.63, 3.8) is 0 Å². The monoisotopic (exact) mass is 407 g/mol. The molecule has 148 valence electrons. The summed E-state index contributed by atoms with van der Waals surface area (Å²) < 4.78 is 68.2. The number of hydrogen-bond acceptors (Lipinski definition) is 4. The van der Waals surface area contributed by atoms with Crippen molar-refractivity contribution in [2.45, 2.75) is 50.6 Å². The molecular weight excluding hydrogens is 389 g/mol. The molecule has 1 amide bonds. The van der Waals surface area contributed by atoms with Gasteiger partial charge in [0.05, 0.1) is 5.69 Å². The summed E-state index contributed by atoms with van der Waals surface area (Å²) in [5.74, 6) is -2.08. The van der Waals surface area contributed by atoms with Crippen LogP contribution in [0.4, 0.5) is 27.6 Å². The normalized spacial score (nSPS) is 20.9. The molecule has 1 aliphatic heterocycles. The zero-order valence-corrected chi connectivity index (χ0v) is 15.7. The molecule has 0 saturated carbocycles. The van der Waals surface area contributed by atoms with Gasteiger partial charge in [-0.25, -0.2) is 8.78 Å². The third-order valence-corrected chi connectivity index (χ3v) is 5.49. The van der Waals surface area contributed by atoms with Crippen LogP contribution in [0.2, 0.25) is 0 Å². The molecule has 4 nitrogen and oxygen atoms in total. The molecule has 0 saturated heterocycles. The third-order valence-electron chi connectivity index (χ3n) is 4.15. The molecule has 2 rings (SSSR count). The molecular formula is C17H18F5N3OS. The molecule has 1 aromatic rings. The maximum absolute atomic E-state index is 14.2. The number of benzene rings is 1. The summed E-state index contributed by atoms with van der Waals surface area (Å²) in [4.78, 5) is 12.3. The Morgan fingerprint density at radius 2 is 1.96 bits per heavy atom. The van der Waals surface area contributed by atoms with Crippen molar-refractivity contribution in [2.24, 2.45) is 10.2 Å². The van der Waals surface area contributed by atoms with Crippen LogP contribution in [-0.2, 0) is 4.79 Å². The van der Waals surface area contributed by atoms with E-state index in [-0.39, 0.29) is 16.7 Å². The molecule has 1 aromatic carbocycles. The largest absolute Gasteiger partial charge is 0.434 e. The average molecular weight is 407 g/mol. The summed E-state index contributed by atoms with van der Waals surface area (Å²) in [5, 5.41) is 6.74. The number of nitrogens with zero attached hydrogens (tertiary/aromatic N) is 3. The second-order valence-electron chi connectivity index (χ2n) is 6.21. The van der Waals surface area contributed by atoms with Crippen LogP contribution < -0.4 is 4.90 Å². The first-order valence-electron chi connectivity index (χ1n) is 8.15. The van der Waals surface area contributed by atoms with Crippen molar-refractivity contribution >= 4 is 34.6 Å². The van der Waals surface area contributed by atoms with Gasteiger partial charge in [0.15, 0.2) is 5.71 Å². The van der Waals surface area contributed by atoms with E-state index in [1.807, 2.05) is 13.8 Å². The van der Waals surface area contributed by atoms with E-state index in [1.54, 1.807) is 0 Å². The summed E-state index contributed by atoms with van der Waals surface area (Å²) in [6, 6.07) is 2.27. The first kappa shape index (κ1) is 21.3. The van der Waals surface area contributed by atoms with Gasteiger partial charge < -0.3 is 0 Å². The summed E-state index contributed by atoms with van der Waals surface area (Å²) in [6.45, 7) is 4.84.